The molecule has 1 saturated heterocycles. The number of hydrogen-bond acceptors (Lipinski definition) is 4. The number of carbonyl (C=O) groups excluding carboxylic acids is 2. The SMILES string of the molecule is CC(C)CN1CCN(Cc2cc(Cl)ccc2OCC(N)=O)[C@@H](C)C1=O. The van der Waals surface area contributed by atoms with Gasteiger partial charge in [0, 0.05) is 36.8 Å². The summed E-state index contributed by atoms with van der Waals surface area (Å²) < 4.78 is 5.48. The lowest BCUT2D eigenvalue weighted by Gasteiger charge is -2.40. The van der Waals surface area contributed by atoms with E-state index in [-0.39, 0.29) is 18.6 Å². The van der Waals surface area contributed by atoms with Crippen LogP contribution in [0, 0.1) is 5.92 Å². The molecule has 6 nitrogen and oxygen atoms in total. The van der Waals surface area contributed by atoms with E-state index in [1.165, 1.54) is 0 Å². The molecule has 1 heterocycles. The maximum atomic E-state index is 12.6. The molecule has 7 heteroatoms. The molecule has 0 bridgehead atoms. The summed E-state index contributed by atoms with van der Waals surface area (Å²) in [6.45, 7) is 8.74. The summed E-state index contributed by atoms with van der Waals surface area (Å²) in [4.78, 5) is 27.6. The van der Waals surface area contributed by atoms with Crippen LogP contribution in [0.3, 0.4) is 0 Å². The molecule has 2 rings (SSSR count). The Kier molecular flexibility index (Phi) is 6.67. The van der Waals surface area contributed by atoms with Crippen LogP contribution >= 0.6 is 11.6 Å². The second-order valence-electron chi connectivity index (χ2n) is 6.83. The monoisotopic (exact) mass is 367 g/mol. The number of primary amides is 1. The zero-order valence-electron chi connectivity index (χ0n) is 15.0. The van der Waals surface area contributed by atoms with Gasteiger partial charge < -0.3 is 15.4 Å². The third kappa shape index (κ3) is 5.34. The fourth-order valence-corrected chi connectivity index (χ4v) is 3.19. The van der Waals surface area contributed by atoms with E-state index >= 15 is 0 Å². The van der Waals surface area contributed by atoms with Gasteiger partial charge in [0.1, 0.15) is 5.75 Å². The van der Waals surface area contributed by atoms with Crippen molar-refractivity contribution in [1.29, 1.82) is 0 Å². The fraction of sp³-hybridized carbons (Fsp3) is 0.556. The minimum atomic E-state index is -0.535. The van der Waals surface area contributed by atoms with Crippen LogP contribution in [-0.4, -0.2) is 53.9 Å². The fourth-order valence-electron chi connectivity index (χ4n) is 2.99. The van der Waals surface area contributed by atoms with E-state index in [9.17, 15) is 9.59 Å². The van der Waals surface area contributed by atoms with Crippen LogP contribution in [0.25, 0.3) is 0 Å². The van der Waals surface area contributed by atoms with Gasteiger partial charge in [-0.1, -0.05) is 25.4 Å². The van der Waals surface area contributed by atoms with Gasteiger partial charge in [-0.15, -0.1) is 0 Å². The van der Waals surface area contributed by atoms with E-state index in [1.54, 1.807) is 18.2 Å². The van der Waals surface area contributed by atoms with Gasteiger partial charge in [0.15, 0.2) is 6.61 Å². The Balaban J connectivity index is 2.10. The molecule has 0 radical (unpaired) electrons. The first kappa shape index (κ1) is 19.5. The summed E-state index contributed by atoms with van der Waals surface area (Å²) >= 11 is 6.10. The van der Waals surface area contributed by atoms with E-state index in [0.29, 0.717) is 29.8 Å². The third-order valence-electron chi connectivity index (χ3n) is 4.23. The van der Waals surface area contributed by atoms with E-state index in [1.807, 2.05) is 11.8 Å². The predicted molar refractivity (Wildman–Crippen MR) is 97.4 cm³/mol. The van der Waals surface area contributed by atoms with Gasteiger partial charge in [0.2, 0.25) is 5.91 Å². The molecule has 0 spiro atoms. The molecule has 0 aromatic heterocycles. The summed E-state index contributed by atoms with van der Waals surface area (Å²) in [7, 11) is 0. The first-order valence-corrected chi connectivity index (χ1v) is 8.88. The van der Waals surface area contributed by atoms with Crippen LogP contribution in [0.15, 0.2) is 18.2 Å². The van der Waals surface area contributed by atoms with E-state index in [0.717, 1.165) is 18.7 Å². The van der Waals surface area contributed by atoms with Crippen LogP contribution in [0.2, 0.25) is 5.02 Å². The van der Waals surface area contributed by atoms with E-state index in [4.69, 9.17) is 22.1 Å². The molecule has 0 saturated carbocycles. The van der Waals surface area contributed by atoms with Crippen molar-refractivity contribution in [3.8, 4) is 5.75 Å². The zero-order valence-corrected chi connectivity index (χ0v) is 15.8. The topological polar surface area (TPSA) is 75.9 Å². The molecule has 2 N–H and O–H groups in total. The van der Waals surface area contributed by atoms with Crippen molar-refractivity contribution in [2.75, 3.05) is 26.2 Å². The first-order valence-electron chi connectivity index (χ1n) is 8.50. The largest absolute Gasteiger partial charge is 0.483 e. The smallest absolute Gasteiger partial charge is 0.255 e. The predicted octanol–water partition coefficient (Wildman–Crippen LogP) is 1.89. The van der Waals surface area contributed by atoms with Gasteiger partial charge >= 0.3 is 0 Å². The molecule has 2 amide bonds. The number of ether oxygens (including phenoxy) is 1. The number of carbonyl (C=O) groups is 2. The summed E-state index contributed by atoms with van der Waals surface area (Å²) in [6, 6.07) is 5.02. The van der Waals surface area contributed by atoms with Gasteiger partial charge in [0.25, 0.3) is 5.91 Å². The highest BCUT2D eigenvalue weighted by molar-refractivity contribution is 6.30. The van der Waals surface area contributed by atoms with Gasteiger partial charge in [-0.2, -0.15) is 0 Å². The molecule has 0 unspecified atom stereocenters. The molecule has 1 aliphatic rings. The molecule has 1 aromatic rings. The average molecular weight is 368 g/mol. The molecular weight excluding hydrogens is 342 g/mol. The molecule has 1 aliphatic heterocycles. The molecule has 25 heavy (non-hydrogen) atoms. The Bertz CT molecular complexity index is 636. The van der Waals surface area contributed by atoms with E-state index < -0.39 is 5.91 Å². The number of halogens is 1. The standard InChI is InChI=1S/C18H26ClN3O3/c1-12(2)9-22-7-6-21(13(3)18(22)24)10-14-8-15(19)4-5-16(14)25-11-17(20)23/h4-5,8,12-13H,6-7,9-11H2,1-3H3,(H2,20,23)/t13-/m0/s1. The minimum Gasteiger partial charge on any atom is -0.483 e. The highest BCUT2D eigenvalue weighted by atomic mass is 35.5. The second kappa shape index (κ2) is 8.54. The molecule has 1 fully saturated rings. The summed E-state index contributed by atoms with van der Waals surface area (Å²) in [5.41, 5.74) is 5.99. The Morgan fingerprint density at radius 2 is 2.12 bits per heavy atom. The van der Waals surface area contributed by atoms with Crippen LogP contribution in [0.1, 0.15) is 26.3 Å². The van der Waals surface area contributed by atoms with Gasteiger partial charge in [0.05, 0.1) is 6.04 Å². The Hall–Kier alpha value is -1.79. The van der Waals surface area contributed by atoms with Crippen molar-refractivity contribution >= 4 is 23.4 Å². The number of nitrogens with zero attached hydrogens (tertiary/aromatic N) is 2. The summed E-state index contributed by atoms with van der Waals surface area (Å²) in [5, 5.41) is 0.582. The van der Waals surface area contributed by atoms with Gasteiger partial charge in [-0.25, -0.2) is 0 Å². The van der Waals surface area contributed by atoms with Crippen molar-refractivity contribution in [2.45, 2.75) is 33.4 Å². The quantitative estimate of drug-likeness (QED) is 0.798. The molecular formula is C18H26ClN3O3. The Morgan fingerprint density at radius 1 is 1.40 bits per heavy atom. The number of rotatable bonds is 7. The van der Waals surface area contributed by atoms with Crippen molar-refractivity contribution in [2.24, 2.45) is 11.7 Å². The van der Waals surface area contributed by atoms with Crippen molar-refractivity contribution in [3.05, 3.63) is 28.8 Å². The molecule has 138 valence electrons. The van der Waals surface area contributed by atoms with Crippen molar-refractivity contribution < 1.29 is 14.3 Å². The Labute approximate surface area is 153 Å². The Morgan fingerprint density at radius 3 is 2.76 bits per heavy atom. The number of benzene rings is 1. The van der Waals surface area contributed by atoms with Crippen LogP contribution < -0.4 is 10.5 Å². The molecule has 1 aromatic carbocycles. The summed E-state index contributed by atoms with van der Waals surface area (Å²) in [6.07, 6.45) is 0. The van der Waals surface area contributed by atoms with Crippen LogP contribution in [0.4, 0.5) is 0 Å². The lowest BCUT2D eigenvalue weighted by Crippen LogP contribution is -2.56. The van der Waals surface area contributed by atoms with Crippen LogP contribution in [0.5, 0.6) is 5.75 Å². The highest BCUT2D eigenvalue weighted by Crippen LogP contribution is 2.26. The average Bonchev–Trinajstić information content (AvgIpc) is 2.53. The van der Waals surface area contributed by atoms with Crippen molar-refractivity contribution in [1.82, 2.24) is 9.80 Å². The lowest BCUT2D eigenvalue weighted by molar-refractivity contribution is -0.141. The molecule has 0 aliphatic carbocycles. The number of piperazine rings is 1. The minimum absolute atomic E-state index is 0.140. The highest BCUT2D eigenvalue weighted by Gasteiger charge is 2.31. The van der Waals surface area contributed by atoms with E-state index in [2.05, 4.69) is 18.7 Å². The first-order chi connectivity index (χ1) is 11.8. The van der Waals surface area contributed by atoms with Crippen LogP contribution in [-0.2, 0) is 16.1 Å². The lowest BCUT2D eigenvalue weighted by atomic mass is 10.1. The normalized spacial score (nSPS) is 18.7. The number of hydrogen-bond donors (Lipinski definition) is 1. The maximum Gasteiger partial charge on any atom is 0.255 e. The molecule has 1 atom stereocenters. The maximum absolute atomic E-state index is 12.6. The summed E-state index contributed by atoms with van der Waals surface area (Å²) in [5.74, 6) is 0.616. The number of amides is 2. The zero-order chi connectivity index (χ0) is 18.6. The van der Waals surface area contributed by atoms with Crippen molar-refractivity contribution in [3.63, 3.8) is 0 Å². The third-order valence-corrected chi connectivity index (χ3v) is 4.46. The number of nitrogens with two attached hydrogens (primary N) is 1. The van der Waals surface area contributed by atoms with Gasteiger partial charge in [-0.05, 0) is 31.0 Å². The second-order valence-corrected chi connectivity index (χ2v) is 7.27. The van der Waals surface area contributed by atoms with Gasteiger partial charge in [-0.3, -0.25) is 14.5 Å².